The highest BCUT2D eigenvalue weighted by Gasteiger charge is 2.37. The summed E-state index contributed by atoms with van der Waals surface area (Å²) in [5.41, 5.74) is 5.99. The van der Waals surface area contributed by atoms with Crippen molar-refractivity contribution in [1.29, 1.82) is 0 Å². The van der Waals surface area contributed by atoms with Crippen LogP contribution in [0.5, 0.6) is 5.75 Å². The van der Waals surface area contributed by atoms with Gasteiger partial charge in [-0.1, -0.05) is 38.1 Å². The molecule has 0 spiro atoms. The van der Waals surface area contributed by atoms with Crippen LogP contribution in [0.25, 0.3) is 22.4 Å². The van der Waals surface area contributed by atoms with Gasteiger partial charge in [0, 0.05) is 55.8 Å². The van der Waals surface area contributed by atoms with Crippen molar-refractivity contribution in [1.82, 2.24) is 15.2 Å². The number of pyridine rings is 1. The Morgan fingerprint density at radius 2 is 1.82 bits per heavy atom. The lowest BCUT2D eigenvalue weighted by Gasteiger charge is -2.30. The highest BCUT2D eigenvalue weighted by atomic mass is 32.1. The van der Waals surface area contributed by atoms with Crippen LogP contribution in [0.1, 0.15) is 57.8 Å². The quantitative estimate of drug-likeness (QED) is 0.177. The second kappa shape index (κ2) is 14.4. The molecule has 2 saturated heterocycles. The van der Waals surface area contributed by atoms with Crippen molar-refractivity contribution < 1.29 is 29.0 Å². The van der Waals surface area contributed by atoms with Crippen molar-refractivity contribution >= 4 is 39.9 Å². The number of anilines is 2. The first kappa shape index (κ1) is 34.5. The first-order valence-electron chi connectivity index (χ1n) is 17.4. The Balaban J connectivity index is 1.30. The van der Waals surface area contributed by atoms with Gasteiger partial charge in [-0.3, -0.25) is 9.59 Å². The van der Waals surface area contributed by atoms with Gasteiger partial charge in [0.2, 0.25) is 0 Å². The number of nitrogens with one attached hydrogen (secondary N) is 2. The van der Waals surface area contributed by atoms with E-state index in [1.807, 2.05) is 42.5 Å². The number of hydrogen-bond donors (Lipinski definition) is 3. The summed E-state index contributed by atoms with van der Waals surface area (Å²) in [6.07, 6.45) is 0.785. The van der Waals surface area contributed by atoms with Crippen LogP contribution in [0.3, 0.4) is 0 Å². The molecule has 2 aromatic heterocycles. The number of likely N-dealkylation sites (tertiary alicyclic amines) is 1. The number of carbonyl (C=O) groups is 3. The van der Waals surface area contributed by atoms with E-state index >= 15 is 0 Å². The standard InChI is InChI=1S/C39H43N5O6S/c1-39(2)20-30-34(37(43-13-15-50-16-14-43)51-35(30)32(45)21-39)27-18-31(42-33(19-27)40-22-24-7-9-29(49-3)10-8-24)25-5-4-6-26(17-25)36(46)44-12-11-28(23-44)41-38(47)48/h4-10,17-19,28,41H,11-16,20-23H2,1-3H3,(H,40,42)(H,47,48)/t28-/m0/s1. The second-order valence-electron chi connectivity index (χ2n) is 14.2. The topological polar surface area (TPSA) is 133 Å². The number of aromatic nitrogens is 1. The maximum atomic E-state index is 13.6. The van der Waals surface area contributed by atoms with E-state index in [-0.39, 0.29) is 23.1 Å². The number of fused-ring (bicyclic) bond motifs is 1. The molecule has 0 bridgehead atoms. The van der Waals surface area contributed by atoms with E-state index in [9.17, 15) is 14.4 Å². The number of carbonyl (C=O) groups excluding carboxylic acids is 2. The van der Waals surface area contributed by atoms with Crippen LogP contribution >= 0.6 is 11.3 Å². The average Bonchev–Trinajstić information content (AvgIpc) is 3.75. The van der Waals surface area contributed by atoms with Gasteiger partial charge in [-0.15, -0.1) is 11.3 Å². The first-order chi connectivity index (χ1) is 24.6. The molecule has 51 heavy (non-hydrogen) atoms. The molecule has 4 heterocycles. The van der Waals surface area contributed by atoms with Crippen LogP contribution in [0.15, 0.2) is 60.7 Å². The fourth-order valence-corrected chi connectivity index (χ4v) is 8.60. The van der Waals surface area contributed by atoms with E-state index < -0.39 is 6.09 Å². The molecule has 1 atom stereocenters. The number of rotatable bonds is 9. The van der Waals surface area contributed by atoms with Crippen molar-refractivity contribution in [2.24, 2.45) is 5.41 Å². The van der Waals surface area contributed by atoms with Crippen LogP contribution in [-0.2, 0) is 17.7 Å². The van der Waals surface area contributed by atoms with E-state index in [0.717, 1.165) is 63.0 Å². The number of amides is 2. The molecule has 266 valence electrons. The highest BCUT2D eigenvalue weighted by Crippen LogP contribution is 2.50. The van der Waals surface area contributed by atoms with Crippen molar-refractivity contribution in [3.05, 3.63) is 82.2 Å². The maximum Gasteiger partial charge on any atom is 0.404 e. The van der Waals surface area contributed by atoms with Gasteiger partial charge in [0.15, 0.2) is 5.78 Å². The number of morpholine rings is 1. The van der Waals surface area contributed by atoms with E-state index in [2.05, 4.69) is 41.5 Å². The SMILES string of the molecule is COc1ccc(CNc2cc(-c3c(N4CCOCC4)sc4c3CC(C)(C)CC4=O)cc(-c3cccc(C(=O)N4CC[C@H](NC(=O)O)C4)c3)n2)cc1. The Hall–Kier alpha value is -4.94. The summed E-state index contributed by atoms with van der Waals surface area (Å²) >= 11 is 1.59. The Bertz CT molecular complexity index is 1950. The minimum Gasteiger partial charge on any atom is -0.497 e. The zero-order valence-corrected chi connectivity index (χ0v) is 30.0. The van der Waals surface area contributed by atoms with Crippen molar-refractivity contribution in [2.75, 3.05) is 56.7 Å². The molecule has 2 aliphatic heterocycles. The number of benzene rings is 2. The number of carboxylic acid groups (broad SMARTS) is 1. The van der Waals surface area contributed by atoms with Gasteiger partial charge in [0.25, 0.3) is 5.91 Å². The molecule has 0 unspecified atom stereocenters. The zero-order chi connectivity index (χ0) is 35.7. The number of hydrogen-bond acceptors (Lipinski definition) is 9. The summed E-state index contributed by atoms with van der Waals surface area (Å²) in [6.45, 7) is 8.39. The lowest BCUT2D eigenvalue weighted by atomic mass is 9.75. The summed E-state index contributed by atoms with van der Waals surface area (Å²) in [7, 11) is 1.65. The molecule has 11 nitrogen and oxygen atoms in total. The highest BCUT2D eigenvalue weighted by molar-refractivity contribution is 7.19. The van der Waals surface area contributed by atoms with Crippen LogP contribution in [0, 0.1) is 5.41 Å². The fourth-order valence-electron chi connectivity index (χ4n) is 7.27. The minimum absolute atomic E-state index is 0.150. The van der Waals surface area contributed by atoms with Crippen LogP contribution in [0.2, 0.25) is 0 Å². The van der Waals surface area contributed by atoms with Gasteiger partial charge >= 0.3 is 6.09 Å². The van der Waals surface area contributed by atoms with Gasteiger partial charge in [-0.05, 0) is 71.3 Å². The molecule has 0 saturated carbocycles. The normalized spacial score (nSPS) is 18.3. The van der Waals surface area contributed by atoms with Gasteiger partial charge in [0.05, 0.1) is 41.9 Å². The molecule has 4 aromatic rings. The molecular weight excluding hydrogens is 667 g/mol. The lowest BCUT2D eigenvalue weighted by molar-refractivity contribution is 0.0788. The smallest absolute Gasteiger partial charge is 0.404 e. The Labute approximate surface area is 301 Å². The van der Waals surface area contributed by atoms with E-state index in [1.54, 1.807) is 29.4 Å². The van der Waals surface area contributed by atoms with Gasteiger partial charge in [0.1, 0.15) is 11.6 Å². The summed E-state index contributed by atoms with van der Waals surface area (Å²) in [5.74, 6) is 1.50. The third-order valence-electron chi connectivity index (χ3n) is 9.79. The molecule has 7 rings (SSSR count). The molecule has 1 aliphatic carbocycles. The predicted molar refractivity (Wildman–Crippen MR) is 198 cm³/mol. The number of Topliss-reactive ketones (excluding diaryl/α,β-unsaturated/α-hetero) is 1. The van der Waals surface area contributed by atoms with Crippen molar-refractivity contribution in [3.63, 3.8) is 0 Å². The molecule has 2 aromatic carbocycles. The van der Waals surface area contributed by atoms with E-state index in [0.29, 0.717) is 62.8 Å². The Kier molecular flexibility index (Phi) is 9.71. The number of ether oxygens (including phenoxy) is 2. The predicted octanol–water partition coefficient (Wildman–Crippen LogP) is 6.57. The lowest BCUT2D eigenvalue weighted by Crippen LogP contribution is -2.37. The van der Waals surface area contributed by atoms with E-state index in [1.165, 1.54) is 0 Å². The third-order valence-corrected chi connectivity index (χ3v) is 11.1. The number of thiophene rings is 1. The maximum absolute atomic E-state index is 13.6. The molecule has 2 amide bonds. The molecular formula is C39H43N5O6S. The largest absolute Gasteiger partial charge is 0.497 e. The fraction of sp³-hybridized carbons (Fsp3) is 0.385. The van der Waals surface area contributed by atoms with Crippen molar-refractivity contribution in [2.45, 2.75) is 45.7 Å². The summed E-state index contributed by atoms with van der Waals surface area (Å²) in [5, 5.41) is 16.3. The average molecular weight is 710 g/mol. The van der Waals surface area contributed by atoms with Gasteiger partial charge < -0.3 is 35.0 Å². The Morgan fingerprint density at radius 1 is 1.04 bits per heavy atom. The Morgan fingerprint density at radius 3 is 2.57 bits per heavy atom. The molecule has 3 N–H and O–H groups in total. The van der Waals surface area contributed by atoms with Gasteiger partial charge in [-0.25, -0.2) is 9.78 Å². The molecule has 3 aliphatic rings. The summed E-state index contributed by atoms with van der Waals surface area (Å²) in [6, 6.07) is 19.2. The van der Waals surface area contributed by atoms with Crippen LogP contribution in [0.4, 0.5) is 15.6 Å². The third kappa shape index (κ3) is 7.57. The van der Waals surface area contributed by atoms with E-state index in [4.69, 9.17) is 19.6 Å². The molecule has 12 heteroatoms. The first-order valence-corrected chi connectivity index (χ1v) is 18.2. The summed E-state index contributed by atoms with van der Waals surface area (Å²) in [4.78, 5) is 48.3. The number of methoxy groups -OCH3 is 1. The van der Waals surface area contributed by atoms with Crippen LogP contribution in [-0.4, -0.2) is 85.3 Å². The minimum atomic E-state index is -1.09. The number of ketones is 1. The van der Waals surface area contributed by atoms with Crippen LogP contribution < -0.4 is 20.3 Å². The number of nitrogens with zero attached hydrogens (tertiary/aromatic N) is 3. The molecule has 0 radical (unpaired) electrons. The van der Waals surface area contributed by atoms with Crippen molar-refractivity contribution in [3.8, 4) is 28.1 Å². The zero-order valence-electron chi connectivity index (χ0n) is 29.2. The summed E-state index contributed by atoms with van der Waals surface area (Å²) < 4.78 is 11.0. The monoisotopic (exact) mass is 709 g/mol. The second-order valence-corrected chi connectivity index (χ2v) is 15.2. The van der Waals surface area contributed by atoms with Gasteiger partial charge in [-0.2, -0.15) is 0 Å². The molecule has 2 fully saturated rings.